The van der Waals surface area contributed by atoms with Crippen LogP contribution in [0.5, 0.6) is 0 Å². The number of sulfone groups is 1. The first-order valence-corrected chi connectivity index (χ1v) is 7.52. The molecule has 1 N–H and O–H groups in total. The van der Waals surface area contributed by atoms with E-state index in [0.29, 0.717) is 5.69 Å². The number of carbonyl (C=O) groups excluding carboxylic acids is 1. The molecule has 5 heteroatoms. The van der Waals surface area contributed by atoms with Gasteiger partial charge in [0.1, 0.15) is 0 Å². The van der Waals surface area contributed by atoms with Gasteiger partial charge in [-0.2, -0.15) is 0 Å². The Hall–Kier alpha value is -1.62. The fourth-order valence-electron chi connectivity index (χ4n) is 1.32. The fourth-order valence-corrected chi connectivity index (χ4v) is 2.47. The summed E-state index contributed by atoms with van der Waals surface area (Å²) in [6.07, 6.45) is 3.24. The van der Waals surface area contributed by atoms with Crippen molar-refractivity contribution in [2.45, 2.75) is 13.3 Å². The predicted molar refractivity (Wildman–Crippen MR) is 73.2 cm³/mol. The van der Waals surface area contributed by atoms with Gasteiger partial charge in [0.2, 0.25) is 5.91 Å². The maximum Gasteiger partial charge on any atom is 0.225 e. The van der Waals surface area contributed by atoms with Crippen LogP contribution in [0.25, 0.3) is 0 Å². The molecule has 1 aromatic carbocycles. The maximum absolute atomic E-state index is 11.5. The molecule has 1 amide bonds. The maximum atomic E-state index is 11.5. The standard InChI is InChI=1S/C13H17NO3S/c1-2-3-10-18(16,17)11-9-13(15)14-12-7-5-4-6-8-12/h2-8H,9-11H2,1H3,(H,14,15)/b3-2+. The minimum atomic E-state index is -3.18. The highest BCUT2D eigenvalue weighted by atomic mass is 32.2. The van der Waals surface area contributed by atoms with E-state index in [9.17, 15) is 13.2 Å². The lowest BCUT2D eigenvalue weighted by Crippen LogP contribution is -2.18. The van der Waals surface area contributed by atoms with Crippen molar-refractivity contribution in [2.75, 3.05) is 16.8 Å². The van der Waals surface area contributed by atoms with Crippen LogP contribution in [-0.4, -0.2) is 25.8 Å². The SMILES string of the molecule is C/C=C/CS(=O)(=O)CCC(=O)Nc1ccccc1. The molecule has 0 radical (unpaired) electrons. The second kappa shape index (κ2) is 6.96. The average Bonchev–Trinajstić information content (AvgIpc) is 2.36. The number of amides is 1. The number of benzene rings is 1. The topological polar surface area (TPSA) is 63.2 Å². The summed E-state index contributed by atoms with van der Waals surface area (Å²) in [5.41, 5.74) is 0.674. The van der Waals surface area contributed by atoms with Crippen molar-refractivity contribution in [3.63, 3.8) is 0 Å². The second-order valence-corrected chi connectivity index (χ2v) is 6.08. The molecular weight excluding hydrogens is 250 g/mol. The molecule has 0 spiro atoms. The fraction of sp³-hybridized carbons (Fsp3) is 0.308. The summed E-state index contributed by atoms with van der Waals surface area (Å²) in [4.78, 5) is 11.5. The third-order valence-electron chi connectivity index (χ3n) is 2.28. The zero-order chi connectivity index (χ0) is 13.4. The van der Waals surface area contributed by atoms with Gasteiger partial charge in [-0.3, -0.25) is 4.79 Å². The van der Waals surface area contributed by atoms with E-state index in [1.807, 2.05) is 6.07 Å². The van der Waals surface area contributed by atoms with Crippen LogP contribution in [0.1, 0.15) is 13.3 Å². The molecule has 0 heterocycles. The second-order valence-electron chi connectivity index (χ2n) is 3.85. The largest absolute Gasteiger partial charge is 0.326 e. The Balaban J connectivity index is 2.42. The lowest BCUT2D eigenvalue weighted by Gasteiger charge is -2.04. The molecule has 1 aromatic rings. The van der Waals surface area contributed by atoms with Gasteiger partial charge in [0, 0.05) is 12.1 Å². The molecular formula is C13H17NO3S. The van der Waals surface area contributed by atoms with Gasteiger partial charge in [0.25, 0.3) is 0 Å². The van der Waals surface area contributed by atoms with E-state index in [-0.39, 0.29) is 23.8 Å². The highest BCUT2D eigenvalue weighted by molar-refractivity contribution is 7.91. The van der Waals surface area contributed by atoms with Crippen molar-refractivity contribution in [1.82, 2.24) is 0 Å². The minimum absolute atomic E-state index is 0.0118. The number of anilines is 1. The normalized spacial score (nSPS) is 11.6. The number of hydrogen-bond acceptors (Lipinski definition) is 3. The summed E-state index contributed by atoms with van der Waals surface area (Å²) in [5, 5.41) is 2.65. The van der Waals surface area contributed by atoms with Gasteiger partial charge in [-0.1, -0.05) is 30.4 Å². The van der Waals surface area contributed by atoms with Crippen LogP contribution in [0.4, 0.5) is 5.69 Å². The monoisotopic (exact) mass is 267 g/mol. The Morgan fingerprint density at radius 1 is 1.28 bits per heavy atom. The van der Waals surface area contributed by atoms with Crippen LogP contribution in [0.15, 0.2) is 42.5 Å². The molecule has 0 saturated heterocycles. The quantitative estimate of drug-likeness (QED) is 0.802. The van der Waals surface area contributed by atoms with Crippen LogP contribution >= 0.6 is 0 Å². The molecule has 0 fully saturated rings. The van der Waals surface area contributed by atoms with Crippen LogP contribution in [0, 0.1) is 0 Å². The van der Waals surface area contributed by atoms with Crippen molar-refractivity contribution < 1.29 is 13.2 Å². The third-order valence-corrected chi connectivity index (χ3v) is 3.81. The number of allylic oxidation sites excluding steroid dienone is 1. The zero-order valence-corrected chi connectivity index (χ0v) is 11.1. The zero-order valence-electron chi connectivity index (χ0n) is 10.3. The third kappa shape index (κ3) is 5.63. The van der Waals surface area contributed by atoms with Crippen LogP contribution in [0.3, 0.4) is 0 Å². The molecule has 18 heavy (non-hydrogen) atoms. The molecule has 1 rings (SSSR count). The van der Waals surface area contributed by atoms with Crippen LogP contribution in [0.2, 0.25) is 0 Å². The molecule has 0 aromatic heterocycles. The van der Waals surface area contributed by atoms with E-state index >= 15 is 0 Å². The van der Waals surface area contributed by atoms with Crippen molar-refractivity contribution in [3.8, 4) is 0 Å². The van der Waals surface area contributed by atoms with Crippen molar-refractivity contribution in [3.05, 3.63) is 42.5 Å². The smallest absolute Gasteiger partial charge is 0.225 e. The van der Waals surface area contributed by atoms with Gasteiger partial charge < -0.3 is 5.32 Å². The molecule has 0 aliphatic heterocycles. The van der Waals surface area contributed by atoms with Gasteiger partial charge in [0.15, 0.2) is 9.84 Å². The van der Waals surface area contributed by atoms with E-state index in [1.54, 1.807) is 43.3 Å². The molecule has 98 valence electrons. The van der Waals surface area contributed by atoms with Crippen molar-refractivity contribution in [1.29, 1.82) is 0 Å². The van der Waals surface area contributed by atoms with E-state index in [2.05, 4.69) is 5.32 Å². The summed E-state index contributed by atoms with van der Waals surface area (Å²) in [6.45, 7) is 1.76. The summed E-state index contributed by atoms with van der Waals surface area (Å²) in [7, 11) is -3.18. The van der Waals surface area contributed by atoms with Crippen LogP contribution in [-0.2, 0) is 14.6 Å². The summed E-state index contributed by atoms with van der Waals surface area (Å²) >= 11 is 0. The van der Waals surface area contributed by atoms with Crippen LogP contribution < -0.4 is 5.32 Å². The first-order chi connectivity index (χ1) is 8.53. The van der Waals surface area contributed by atoms with Gasteiger partial charge in [-0.15, -0.1) is 0 Å². The minimum Gasteiger partial charge on any atom is -0.326 e. The molecule has 0 aliphatic rings. The van der Waals surface area contributed by atoms with Gasteiger partial charge >= 0.3 is 0 Å². The number of para-hydroxylation sites is 1. The van der Waals surface area contributed by atoms with E-state index in [0.717, 1.165) is 0 Å². The van der Waals surface area contributed by atoms with Gasteiger partial charge in [-0.05, 0) is 19.1 Å². The number of nitrogens with one attached hydrogen (secondary N) is 1. The summed E-state index contributed by atoms with van der Waals surface area (Å²) < 4.78 is 23.0. The molecule has 0 aliphatic carbocycles. The first kappa shape index (κ1) is 14.4. The highest BCUT2D eigenvalue weighted by Crippen LogP contribution is 2.06. The van der Waals surface area contributed by atoms with Gasteiger partial charge in [0.05, 0.1) is 11.5 Å². The average molecular weight is 267 g/mol. The highest BCUT2D eigenvalue weighted by Gasteiger charge is 2.11. The molecule has 4 nitrogen and oxygen atoms in total. The molecule has 0 unspecified atom stereocenters. The molecule has 0 atom stereocenters. The number of rotatable bonds is 6. The summed E-state index contributed by atoms with van der Waals surface area (Å²) in [6, 6.07) is 8.96. The van der Waals surface area contributed by atoms with Gasteiger partial charge in [-0.25, -0.2) is 8.42 Å². The Labute approximate surface area is 108 Å². The predicted octanol–water partition coefficient (Wildman–Crippen LogP) is 2.01. The molecule has 0 bridgehead atoms. The summed E-state index contributed by atoms with van der Waals surface area (Å²) in [5.74, 6) is -0.428. The lowest BCUT2D eigenvalue weighted by molar-refractivity contribution is -0.115. The van der Waals surface area contributed by atoms with E-state index in [4.69, 9.17) is 0 Å². The lowest BCUT2D eigenvalue weighted by atomic mass is 10.3. The Morgan fingerprint density at radius 2 is 1.94 bits per heavy atom. The van der Waals surface area contributed by atoms with Crippen molar-refractivity contribution in [2.24, 2.45) is 0 Å². The Kier molecular flexibility index (Phi) is 5.58. The number of carbonyl (C=O) groups is 1. The number of hydrogen-bond donors (Lipinski definition) is 1. The Morgan fingerprint density at radius 3 is 2.56 bits per heavy atom. The van der Waals surface area contributed by atoms with Crippen molar-refractivity contribution >= 4 is 21.4 Å². The Bertz CT molecular complexity index is 506. The first-order valence-electron chi connectivity index (χ1n) is 5.70. The van der Waals surface area contributed by atoms with E-state index in [1.165, 1.54) is 0 Å². The van der Waals surface area contributed by atoms with E-state index < -0.39 is 9.84 Å². The molecule has 0 saturated carbocycles.